The molecule has 4 nitrogen and oxygen atoms in total. The van der Waals surface area contributed by atoms with Crippen LogP contribution in [0.2, 0.25) is 0 Å². The molecule has 2 aromatic rings. The number of rotatable bonds is 6. The Morgan fingerprint density at radius 3 is 2.69 bits per heavy atom. The molecule has 1 saturated heterocycles. The highest BCUT2D eigenvalue weighted by atomic mass is 32.2. The minimum absolute atomic E-state index is 0.0332. The highest BCUT2D eigenvalue weighted by molar-refractivity contribution is 8.00. The molecular weight excluding hydrogens is 344 g/mol. The molecule has 5 heteroatoms. The molecule has 0 aliphatic carbocycles. The van der Waals surface area contributed by atoms with E-state index in [0.29, 0.717) is 12.2 Å². The van der Waals surface area contributed by atoms with E-state index < -0.39 is 0 Å². The van der Waals surface area contributed by atoms with Crippen LogP contribution in [-0.4, -0.2) is 17.6 Å². The molecule has 1 aliphatic rings. The SMILES string of the molecule is CCCCC(=O)Nc1ccc(C2SCC(=O)N2c2cccc(C)c2)cc1. The Labute approximate surface area is 159 Å². The van der Waals surface area contributed by atoms with Crippen LogP contribution >= 0.6 is 11.8 Å². The minimum Gasteiger partial charge on any atom is -0.326 e. The maximum Gasteiger partial charge on any atom is 0.238 e. The summed E-state index contributed by atoms with van der Waals surface area (Å²) in [5.74, 6) is 0.655. The lowest BCUT2D eigenvalue weighted by atomic mass is 10.1. The Morgan fingerprint density at radius 2 is 2.00 bits per heavy atom. The standard InChI is InChI=1S/C21H24N2O2S/c1-3-4-8-19(24)22-17-11-9-16(10-12-17)21-23(20(25)14-26-21)18-7-5-6-15(2)13-18/h5-7,9-13,21H,3-4,8,14H2,1-2H3,(H,22,24). The highest BCUT2D eigenvalue weighted by Gasteiger charge is 2.33. The summed E-state index contributed by atoms with van der Waals surface area (Å²) >= 11 is 1.63. The van der Waals surface area contributed by atoms with E-state index in [9.17, 15) is 9.59 Å². The fourth-order valence-electron chi connectivity index (χ4n) is 3.02. The zero-order valence-electron chi connectivity index (χ0n) is 15.2. The van der Waals surface area contributed by atoms with Gasteiger partial charge in [-0.05, 0) is 48.7 Å². The van der Waals surface area contributed by atoms with E-state index in [1.54, 1.807) is 11.8 Å². The van der Waals surface area contributed by atoms with Crippen molar-refractivity contribution >= 4 is 35.0 Å². The number of nitrogens with one attached hydrogen (secondary N) is 1. The van der Waals surface area contributed by atoms with Gasteiger partial charge in [-0.25, -0.2) is 0 Å². The van der Waals surface area contributed by atoms with Crippen molar-refractivity contribution in [1.29, 1.82) is 0 Å². The highest BCUT2D eigenvalue weighted by Crippen LogP contribution is 2.42. The molecule has 1 aliphatic heterocycles. The summed E-state index contributed by atoms with van der Waals surface area (Å²) in [4.78, 5) is 26.2. The van der Waals surface area contributed by atoms with Crippen molar-refractivity contribution in [2.24, 2.45) is 0 Å². The Balaban J connectivity index is 1.75. The van der Waals surface area contributed by atoms with Crippen molar-refractivity contribution in [3.63, 3.8) is 0 Å². The monoisotopic (exact) mass is 368 g/mol. The zero-order chi connectivity index (χ0) is 18.5. The van der Waals surface area contributed by atoms with Gasteiger partial charge < -0.3 is 5.32 Å². The van der Waals surface area contributed by atoms with Gasteiger partial charge in [0.25, 0.3) is 0 Å². The van der Waals surface area contributed by atoms with E-state index in [0.717, 1.165) is 35.3 Å². The van der Waals surface area contributed by atoms with Gasteiger partial charge >= 0.3 is 0 Å². The molecule has 0 bridgehead atoms. The lowest BCUT2D eigenvalue weighted by molar-refractivity contribution is -0.116. The molecular formula is C21H24N2O2S. The Bertz CT molecular complexity index is 789. The molecule has 1 atom stereocenters. The summed E-state index contributed by atoms with van der Waals surface area (Å²) in [5, 5.41) is 2.89. The summed E-state index contributed by atoms with van der Waals surface area (Å²) in [6.07, 6.45) is 2.46. The largest absolute Gasteiger partial charge is 0.326 e. The van der Waals surface area contributed by atoms with Crippen molar-refractivity contribution in [3.8, 4) is 0 Å². The smallest absolute Gasteiger partial charge is 0.238 e. The summed E-state index contributed by atoms with van der Waals surface area (Å²) in [7, 11) is 0. The Kier molecular flexibility index (Phi) is 5.99. The number of unbranched alkanes of at least 4 members (excludes halogenated alkanes) is 1. The number of hydrogen-bond donors (Lipinski definition) is 1. The molecule has 2 amide bonds. The van der Waals surface area contributed by atoms with E-state index in [-0.39, 0.29) is 17.2 Å². The number of thioether (sulfide) groups is 1. The average molecular weight is 369 g/mol. The number of aryl methyl sites for hydroxylation is 1. The Hall–Kier alpha value is -2.27. The van der Waals surface area contributed by atoms with Crippen LogP contribution in [0.4, 0.5) is 11.4 Å². The maximum absolute atomic E-state index is 12.4. The van der Waals surface area contributed by atoms with Crippen LogP contribution < -0.4 is 10.2 Å². The minimum atomic E-state index is -0.0332. The van der Waals surface area contributed by atoms with Crippen molar-refractivity contribution in [2.75, 3.05) is 16.0 Å². The summed E-state index contributed by atoms with van der Waals surface area (Å²) < 4.78 is 0. The first-order valence-corrected chi connectivity index (χ1v) is 10.0. The second-order valence-electron chi connectivity index (χ2n) is 6.54. The predicted octanol–water partition coefficient (Wildman–Crippen LogP) is 4.90. The van der Waals surface area contributed by atoms with Crippen molar-refractivity contribution in [1.82, 2.24) is 0 Å². The van der Waals surface area contributed by atoms with Gasteiger partial charge in [0.1, 0.15) is 5.37 Å². The first-order chi connectivity index (χ1) is 12.6. The lowest BCUT2D eigenvalue weighted by Crippen LogP contribution is -2.27. The first-order valence-electron chi connectivity index (χ1n) is 8.98. The normalized spacial score (nSPS) is 16.8. The molecule has 26 heavy (non-hydrogen) atoms. The van der Waals surface area contributed by atoms with Crippen LogP contribution in [0.3, 0.4) is 0 Å². The van der Waals surface area contributed by atoms with Gasteiger partial charge in [-0.1, -0.05) is 37.6 Å². The van der Waals surface area contributed by atoms with E-state index in [1.165, 1.54) is 0 Å². The topological polar surface area (TPSA) is 49.4 Å². The quantitative estimate of drug-likeness (QED) is 0.789. The molecule has 136 valence electrons. The molecule has 1 unspecified atom stereocenters. The van der Waals surface area contributed by atoms with Crippen LogP contribution in [0.1, 0.15) is 42.7 Å². The van der Waals surface area contributed by atoms with Gasteiger partial charge in [0.05, 0.1) is 5.75 Å². The summed E-state index contributed by atoms with van der Waals surface area (Å²) in [6, 6.07) is 15.8. The van der Waals surface area contributed by atoms with E-state index >= 15 is 0 Å². The number of hydrogen-bond acceptors (Lipinski definition) is 3. The Morgan fingerprint density at radius 1 is 1.23 bits per heavy atom. The fraction of sp³-hybridized carbons (Fsp3) is 0.333. The first kappa shape index (κ1) is 18.5. The fourth-order valence-corrected chi connectivity index (χ4v) is 4.20. The number of carbonyl (C=O) groups excluding carboxylic acids is 2. The van der Waals surface area contributed by atoms with Gasteiger partial charge in [-0.15, -0.1) is 11.8 Å². The number of benzene rings is 2. The summed E-state index contributed by atoms with van der Waals surface area (Å²) in [6.45, 7) is 4.10. The van der Waals surface area contributed by atoms with Crippen LogP contribution in [0.5, 0.6) is 0 Å². The van der Waals surface area contributed by atoms with Crippen LogP contribution in [0.25, 0.3) is 0 Å². The van der Waals surface area contributed by atoms with Gasteiger partial charge in [0.15, 0.2) is 0 Å². The maximum atomic E-state index is 12.4. The van der Waals surface area contributed by atoms with Gasteiger partial charge in [0.2, 0.25) is 11.8 Å². The summed E-state index contributed by atoms with van der Waals surface area (Å²) in [5.41, 5.74) is 3.93. The predicted molar refractivity (Wildman–Crippen MR) is 108 cm³/mol. The average Bonchev–Trinajstić information content (AvgIpc) is 3.02. The van der Waals surface area contributed by atoms with E-state index in [4.69, 9.17) is 0 Å². The van der Waals surface area contributed by atoms with Crippen LogP contribution in [0, 0.1) is 6.92 Å². The van der Waals surface area contributed by atoms with Crippen molar-refractivity contribution < 1.29 is 9.59 Å². The molecule has 2 aromatic carbocycles. The third kappa shape index (κ3) is 4.28. The molecule has 1 fully saturated rings. The molecule has 1 heterocycles. The molecule has 3 rings (SSSR count). The van der Waals surface area contributed by atoms with Crippen molar-refractivity contribution in [2.45, 2.75) is 38.5 Å². The van der Waals surface area contributed by atoms with Crippen LogP contribution in [0.15, 0.2) is 48.5 Å². The molecule has 1 N–H and O–H groups in total. The number of carbonyl (C=O) groups is 2. The molecule has 0 spiro atoms. The molecule has 0 radical (unpaired) electrons. The van der Waals surface area contributed by atoms with E-state index in [1.807, 2.05) is 60.4 Å². The molecule has 0 saturated carbocycles. The van der Waals surface area contributed by atoms with Crippen LogP contribution in [-0.2, 0) is 9.59 Å². The number of nitrogens with zero attached hydrogens (tertiary/aromatic N) is 1. The number of anilines is 2. The van der Waals surface area contributed by atoms with Gasteiger partial charge in [0, 0.05) is 17.8 Å². The molecule has 0 aromatic heterocycles. The van der Waals surface area contributed by atoms with Crippen molar-refractivity contribution in [3.05, 3.63) is 59.7 Å². The zero-order valence-corrected chi connectivity index (χ0v) is 16.0. The third-order valence-electron chi connectivity index (χ3n) is 4.38. The van der Waals surface area contributed by atoms with Gasteiger partial charge in [-0.3, -0.25) is 14.5 Å². The third-order valence-corrected chi connectivity index (χ3v) is 5.60. The lowest BCUT2D eigenvalue weighted by Gasteiger charge is -2.25. The second-order valence-corrected chi connectivity index (χ2v) is 7.61. The van der Waals surface area contributed by atoms with Gasteiger partial charge in [-0.2, -0.15) is 0 Å². The van der Waals surface area contributed by atoms with E-state index in [2.05, 4.69) is 12.2 Å². The number of amides is 2. The second kappa shape index (κ2) is 8.41.